The molecule has 230 valence electrons. The van der Waals surface area contributed by atoms with Crippen LogP contribution in [-0.4, -0.2) is 44.0 Å². The van der Waals surface area contributed by atoms with E-state index in [2.05, 4.69) is 5.32 Å². The molecule has 7 nitrogen and oxygen atoms in total. The number of carboxylic acids is 1. The van der Waals surface area contributed by atoms with Crippen LogP contribution in [0.2, 0.25) is 0 Å². The van der Waals surface area contributed by atoms with E-state index in [-0.39, 0.29) is 18.2 Å². The van der Waals surface area contributed by atoms with Crippen molar-refractivity contribution in [3.8, 4) is 22.3 Å². The number of anilines is 1. The number of aliphatic hydroxyl groups excluding tert-OH is 2. The number of amides is 1. The smallest absolute Gasteiger partial charge is 0.305 e. The molecule has 3 aromatic carbocycles. The Morgan fingerprint density at radius 1 is 0.909 bits per heavy atom. The van der Waals surface area contributed by atoms with E-state index in [1.54, 1.807) is 41.0 Å². The predicted octanol–water partition coefficient (Wildman–Crippen LogP) is 7.10. The molecule has 0 saturated carbocycles. The second-order valence-electron chi connectivity index (χ2n) is 10.9. The van der Waals surface area contributed by atoms with Crippen molar-refractivity contribution in [2.24, 2.45) is 0 Å². The molecule has 4 aromatic rings. The average Bonchev–Trinajstić information content (AvgIpc) is 3.32. The maximum atomic E-state index is 14.2. The Labute approximate surface area is 255 Å². The zero-order valence-electron chi connectivity index (χ0n) is 24.8. The first-order valence-electron chi connectivity index (χ1n) is 14.4. The van der Waals surface area contributed by atoms with Crippen molar-refractivity contribution in [2.75, 3.05) is 5.32 Å². The third-order valence-electron chi connectivity index (χ3n) is 7.23. The van der Waals surface area contributed by atoms with Gasteiger partial charge in [0, 0.05) is 35.0 Å². The lowest BCUT2D eigenvalue weighted by Crippen LogP contribution is -2.20. The van der Waals surface area contributed by atoms with Crippen LogP contribution in [0.15, 0.2) is 78.9 Å². The number of nitrogens with one attached hydrogen (secondary N) is 1. The molecule has 1 heterocycles. The fraction of sp³-hybridized carbons (Fsp3) is 0.257. The molecule has 0 spiro atoms. The van der Waals surface area contributed by atoms with E-state index in [0.717, 1.165) is 12.0 Å². The van der Waals surface area contributed by atoms with Crippen molar-refractivity contribution >= 4 is 23.6 Å². The number of carbonyl (C=O) groups excluding carboxylic acids is 1. The van der Waals surface area contributed by atoms with Crippen LogP contribution in [0.25, 0.3) is 28.3 Å². The van der Waals surface area contributed by atoms with Crippen LogP contribution in [0.5, 0.6) is 0 Å². The lowest BCUT2D eigenvalue weighted by atomic mass is 9.94. The first-order valence-corrected chi connectivity index (χ1v) is 14.4. The van der Waals surface area contributed by atoms with Gasteiger partial charge in [0.1, 0.15) is 17.3 Å². The van der Waals surface area contributed by atoms with Crippen molar-refractivity contribution in [1.82, 2.24) is 4.57 Å². The van der Waals surface area contributed by atoms with Crippen LogP contribution in [0.1, 0.15) is 61.4 Å². The Morgan fingerprint density at radius 2 is 1.50 bits per heavy atom. The van der Waals surface area contributed by atoms with Gasteiger partial charge in [0.2, 0.25) is 0 Å². The zero-order valence-corrected chi connectivity index (χ0v) is 24.8. The van der Waals surface area contributed by atoms with Gasteiger partial charge in [0.15, 0.2) is 0 Å². The highest BCUT2D eigenvalue weighted by atomic mass is 19.1. The van der Waals surface area contributed by atoms with E-state index in [1.165, 1.54) is 30.3 Å². The number of aliphatic hydroxyl groups is 2. The molecule has 0 bridgehead atoms. The van der Waals surface area contributed by atoms with Gasteiger partial charge in [-0.05, 0) is 79.4 Å². The summed E-state index contributed by atoms with van der Waals surface area (Å²) in [6, 6.07) is 18.7. The minimum absolute atomic E-state index is 0.219. The number of hydrogen-bond donors (Lipinski definition) is 4. The standard InChI is InChI=1S/C35H36F2N2O5/c1-4-22-6-5-7-27(18-22)38-35(44)34-33(24-10-14-26(37)15-11-24)32(23-8-12-25(36)13-9-23)30(39(34)21(2)3)17-16-28(40)19-29(41)20-31(42)43/h5-18,21,28-29,40-41H,4,19-20H2,1-3H3,(H,38,44)(H,42,43)/b17-16+/t28-,29-/m1/s1. The quantitative estimate of drug-likeness (QED) is 0.138. The average molecular weight is 603 g/mol. The molecular formula is C35H36F2N2O5. The number of rotatable bonds is 12. The molecule has 44 heavy (non-hydrogen) atoms. The van der Waals surface area contributed by atoms with Gasteiger partial charge in [-0.3, -0.25) is 9.59 Å². The van der Waals surface area contributed by atoms with Crippen LogP contribution in [0, 0.1) is 11.6 Å². The van der Waals surface area contributed by atoms with Crippen LogP contribution in [0.4, 0.5) is 14.5 Å². The number of hydrogen-bond acceptors (Lipinski definition) is 4. The van der Waals surface area contributed by atoms with Gasteiger partial charge >= 0.3 is 5.97 Å². The Bertz CT molecular complexity index is 1640. The predicted molar refractivity (Wildman–Crippen MR) is 167 cm³/mol. The maximum absolute atomic E-state index is 14.2. The van der Waals surface area contributed by atoms with Gasteiger partial charge in [-0.25, -0.2) is 8.78 Å². The molecule has 2 atom stereocenters. The molecule has 9 heteroatoms. The van der Waals surface area contributed by atoms with Crippen molar-refractivity contribution in [1.29, 1.82) is 0 Å². The molecule has 0 radical (unpaired) electrons. The molecule has 0 fully saturated rings. The second kappa shape index (κ2) is 14.2. The largest absolute Gasteiger partial charge is 0.481 e. The number of carboxylic acid groups (broad SMARTS) is 1. The molecule has 0 unspecified atom stereocenters. The van der Waals surface area contributed by atoms with Crippen LogP contribution >= 0.6 is 0 Å². The first kappa shape index (κ1) is 32.3. The maximum Gasteiger partial charge on any atom is 0.305 e. The monoisotopic (exact) mass is 602 g/mol. The summed E-state index contributed by atoms with van der Waals surface area (Å²) < 4.78 is 29.9. The molecule has 0 aliphatic carbocycles. The summed E-state index contributed by atoms with van der Waals surface area (Å²) in [7, 11) is 0. The minimum Gasteiger partial charge on any atom is -0.481 e. The molecule has 4 N–H and O–H groups in total. The number of aliphatic carboxylic acids is 1. The third kappa shape index (κ3) is 7.67. The Balaban J connectivity index is 1.97. The molecular weight excluding hydrogens is 566 g/mol. The van der Waals surface area contributed by atoms with Gasteiger partial charge in [-0.15, -0.1) is 0 Å². The molecule has 1 aromatic heterocycles. The molecule has 0 saturated heterocycles. The van der Waals surface area contributed by atoms with E-state index >= 15 is 0 Å². The van der Waals surface area contributed by atoms with Crippen molar-refractivity contribution < 1.29 is 33.7 Å². The van der Waals surface area contributed by atoms with Crippen molar-refractivity contribution in [2.45, 2.75) is 58.3 Å². The first-order chi connectivity index (χ1) is 21.0. The Morgan fingerprint density at radius 3 is 2.05 bits per heavy atom. The van der Waals surface area contributed by atoms with E-state index in [9.17, 15) is 28.6 Å². The summed E-state index contributed by atoms with van der Waals surface area (Å²) in [5, 5.41) is 32.7. The van der Waals surface area contributed by atoms with Crippen molar-refractivity contribution in [3.05, 3.63) is 107 Å². The van der Waals surface area contributed by atoms with Gasteiger partial charge in [0.05, 0.1) is 18.6 Å². The van der Waals surface area contributed by atoms with Crippen molar-refractivity contribution in [3.63, 3.8) is 0 Å². The van der Waals surface area contributed by atoms with Gasteiger partial charge in [-0.1, -0.05) is 49.4 Å². The van der Waals surface area contributed by atoms with E-state index < -0.39 is 42.1 Å². The number of benzene rings is 3. The highest BCUT2D eigenvalue weighted by molar-refractivity contribution is 6.12. The Kier molecular flexibility index (Phi) is 10.5. The van der Waals surface area contributed by atoms with Crippen LogP contribution < -0.4 is 5.32 Å². The topological polar surface area (TPSA) is 112 Å². The van der Waals surface area contributed by atoms with Crippen LogP contribution in [-0.2, 0) is 11.2 Å². The second-order valence-corrected chi connectivity index (χ2v) is 10.9. The summed E-state index contributed by atoms with van der Waals surface area (Å²) in [6.45, 7) is 5.80. The number of nitrogens with zero attached hydrogens (tertiary/aromatic N) is 1. The number of aryl methyl sites for hydroxylation is 1. The highest BCUT2D eigenvalue weighted by Crippen LogP contribution is 2.43. The normalized spacial score (nSPS) is 12.9. The van der Waals surface area contributed by atoms with Crippen LogP contribution in [0.3, 0.4) is 0 Å². The van der Waals surface area contributed by atoms with Gasteiger partial charge < -0.3 is 25.2 Å². The zero-order chi connectivity index (χ0) is 32.0. The fourth-order valence-electron chi connectivity index (χ4n) is 5.24. The summed E-state index contributed by atoms with van der Waals surface area (Å²) in [5.41, 5.74) is 4.56. The Hall–Kier alpha value is -4.60. The summed E-state index contributed by atoms with van der Waals surface area (Å²) in [5.74, 6) is -2.52. The molecule has 1 amide bonds. The summed E-state index contributed by atoms with van der Waals surface area (Å²) in [6.07, 6.45) is 0.598. The molecule has 0 aliphatic heterocycles. The lowest BCUT2D eigenvalue weighted by molar-refractivity contribution is -0.139. The van der Waals surface area contributed by atoms with E-state index in [4.69, 9.17) is 5.11 Å². The number of carbonyl (C=O) groups is 2. The highest BCUT2D eigenvalue weighted by Gasteiger charge is 2.29. The van der Waals surface area contributed by atoms with Gasteiger partial charge in [0.25, 0.3) is 5.91 Å². The fourth-order valence-corrected chi connectivity index (χ4v) is 5.24. The number of halogens is 2. The van der Waals surface area contributed by atoms with Gasteiger partial charge in [-0.2, -0.15) is 0 Å². The van der Waals surface area contributed by atoms with E-state index in [1.807, 2.05) is 39.0 Å². The van der Waals surface area contributed by atoms with E-state index in [0.29, 0.717) is 33.6 Å². The SMILES string of the molecule is CCc1cccc(NC(=O)c2c(-c3ccc(F)cc3)c(-c3ccc(F)cc3)c(/C=C/[C@@H](O)C[C@@H](O)CC(=O)O)n2C(C)C)c1. The third-order valence-corrected chi connectivity index (χ3v) is 7.23. The molecule has 0 aliphatic rings. The minimum atomic E-state index is -1.27. The number of aromatic nitrogens is 1. The molecule has 4 rings (SSSR count). The summed E-state index contributed by atoms with van der Waals surface area (Å²) in [4.78, 5) is 25.2. The summed E-state index contributed by atoms with van der Waals surface area (Å²) >= 11 is 0. The lowest BCUT2D eigenvalue weighted by Gasteiger charge is -2.17.